The molecule has 0 saturated heterocycles. The molecule has 1 aromatic rings. The summed E-state index contributed by atoms with van der Waals surface area (Å²) in [5.74, 6) is 0. The van der Waals surface area contributed by atoms with E-state index >= 15 is 0 Å². The normalized spacial score (nSPS) is 12.2. The summed E-state index contributed by atoms with van der Waals surface area (Å²) >= 11 is 0. The third kappa shape index (κ3) is 2.60. The highest BCUT2D eigenvalue weighted by Gasteiger charge is 2.22. The minimum atomic E-state index is -3.43. The minimum absolute atomic E-state index is 0.0631. The number of nitrogens with zero attached hydrogens (tertiary/aromatic N) is 3. The molecule has 0 radical (unpaired) electrons. The van der Waals surface area contributed by atoms with Crippen molar-refractivity contribution >= 4 is 10.0 Å². The number of hydrogen-bond acceptors (Lipinski definition) is 4. The Morgan fingerprint density at radius 2 is 2.06 bits per heavy atom. The van der Waals surface area contributed by atoms with Gasteiger partial charge in [-0.25, -0.2) is 8.42 Å². The van der Waals surface area contributed by atoms with Gasteiger partial charge in [0.1, 0.15) is 4.90 Å². The Hall–Kier alpha value is -0.920. The van der Waals surface area contributed by atoms with Gasteiger partial charge in [-0.15, -0.1) is 0 Å². The van der Waals surface area contributed by atoms with Crippen LogP contribution in [0.25, 0.3) is 0 Å². The van der Waals surface area contributed by atoms with Crippen molar-refractivity contribution in [2.24, 2.45) is 0 Å². The summed E-state index contributed by atoms with van der Waals surface area (Å²) in [6.45, 7) is 4.69. The largest absolute Gasteiger partial charge is 0.394 e. The van der Waals surface area contributed by atoms with Crippen LogP contribution in [-0.4, -0.2) is 47.3 Å². The minimum Gasteiger partial charge on any atom is -0.394 e. The molecule has 0 atom stereocenters. The van der Waals surface area contributed by atoms with E-state index in [1.165, 1.54) is 21.4 Å². The van der Waals surface area contributed by atoms with Crippen molar-refractivity contribution in [2.45, 2.75) is 25.3 Å². The molecule has 7 heteroatoms. The fourth-order valence-corrected chi connectivity index (χ4v) is 2.83. The van der Waals surface area contributed by atoms with Crippen molar-refractivity contribution in [1.29, 1.82) is 0 Å². The molecule has 0 unspecified atom stereocenters. The zero-order valence-electron chi connectivity index (χ0n) is 9.50. The first-order chi connectivity index (χ1) is 7.56. The molecule has 0 spiro atoms. The summed E-state index contributed by atoms with van der Waals surface area (Å²) < 4.78 is 26.8. The van der Waals surface area contributed by atoms with Gasteiger partial charge in [0, 0.05) is 19.3 Å². The number of aromatic nitrogens is 2. The maximum Gasteiger partial charge on any atom is 0.246 e. The second-order valence-corrected chi connectivity index (χ2v) is 5.19. The Kier molecular flexibility index (Phi) is 4.45. The van der Waals surface area contributed by atoms with Crippen molar-refractivity contribution in [3.8, 4) is 0 Å². The molecule has 0 amide bonds. The smallest absolute Gasteiger partial charge is 0.246 e. The van der Waals surface area contributed by atoms with Gasteiger partial charge in [-0.2, -0.15) is 9.40 Å². The predicted octanol–water partition coefficient (Wildman–Crippen LogP) is -0.0941. The van der Waals surface area contributed by atoms with Crippen LogP contribution in [0, 0.1) is 0 Å². The lowest BCUT2D eigenvalue weighted by Crippen LogP contribution is -2.30. The van der Waals surface area contributed by atoms with Crippen LogP contribution in [0.4, 0.5) is 0 Å². The van der Waals surface area contributed by atoms with Crippen molar-refractivity contribution in [1.82, 2.24) is 14.1 Å². The molecule has 6 nitrogen and oxygen atoms in total. The van der Waals surface area contributed by atoms with E-state index in [9.17, 15) is 8.42 Å². The van der Waals surface area contributed by atoms with Crippen molar-refractivity contribution in [2.75, 3.05) is 19.7 Å². The fourth-order valence-electron chi connectivity index (χ4n) is 1.42. The highest BCUT2D eigenvalue weighted by Crippen LogP contribution is 2.13. The summed E-state index contributed by atoms with van der Waals surface area (Å²) in [6.07, 6.45) is 2.74. The lowest BCUT2D eigenvalue weighted by molar-refractivity contribution is 0.269. The number of aliphatic hydroxyl groups is 1. The van der Waals surface area contributed by atoms with Crippen molar-refractivity contribution in [3.05, 3.63) is 12.4 Å². The molecule has 0 fully saturated rings. The van der Waals surface area contributed by atoms with E-state index in [1.807, 2.05) is 0 Å². The van der Waals surface area contributed by atoms with Gasteiger partial charge in [0.15, 0.2) is 0 Å². The Morgan fingerprint density at radius 3 is 2.56 bits per heavy atom. The average Bonchev–Trinajstić information content (AvgIpc) is 2.69. The molecule has 0 aromatic carbocycles. The summed E-state index contributed by atoms with van der Waals surface area (Å²) in [7, 11) is -3.43. The number of sulfonamides is 1. The lowest BCUT2D eigenvalue weighted by Gasteiger charge is -2.16. The first-order valence-electron chi connectivity index (χ1n) is 5.19. The van der Waals surface area contributed by atoms with Crippen LogP contribution in [0.2, 0.25) is 0 Å². The summed E-state index contributed by atoms with van der Waals surface area (Å²) in [5.41, 5.74) is 0. The van der Waals surface area contributed by atoms with Crippen LogP contribution in [-0.2, 0) is 16.6 Å². The van der Waals surface area contributed by atoms with E-state index in [-0.39, 0.29) is 11.5 Å². The molecule has 1 heterocycles. The van der Waals surface area contributed by atoms with Gasteiger partial charge < -0.3 is 5.11 Å². The SMILES string of the molecule is CCN(CC)S(=O)(=O)c1cnn(CCO)c1. The van der Waals surface area contributed by atoms with Crippen LogP contribution < -0.4 is 0 Å². The van der Waals surface area contributed by atoms with Crippen LogP contribution in [0.3, 0.4) is 0 Å². The van der Waals surface area contributed by atoms with Gasteiger partial charge in [0.05, 0.1) is 19.3 Å². The average molecular weight is 247 g/mol. The highest BCUT2D eigenvalue weighted by molar-refractivity contribution is 7.89. The van der Waals surface area contributed by atoms with Crippen LogP contribution in [0.1, 0.15) is 13.8 Å². The summed E-state index contributed by atoms with van der Waals surface area (Å²) in [4.78, 5) is 0.171. The van der Waals surface area contributed by atoms with E-state index in [4.69, 9.17) is 5.11 Å². The van der Waals surface area contributed by atoms with Gasteiger partial charge in [0.2, 0.25) is 10.0 Å². The van der Waals surface area contributed by atoms with Crippen molar-refractivity contribution < 1.29 is 13.5 Å². The monoisotopic (exact) mass is 247 g/mol. The van der Waals surface area contributed by atoms with E-state index in [0.717, 1.165) is 0 Å². The molecule has 0 aliphatic carbocycles. The van der Waals surface area contributed by atoms with Gasteiger partial charge in [-0.3, -0.25) is 4.68 Å². The van der Waals surface area contributed by atoms with Crippen LogP contribution >= 0.6 is 0 Å². The molecular weight excluding hydrogens is 230 g/mol. The predicted molar refractivity (Wildman–Crippen MR) is 59.4 cm³/mol. The molecule has 92 valence electrons. The molecule has 1 rings (SSSR count). The quantitative estimate of drug-likeness (QED) is 0.762. The third-order valence-electron chi connectivity index (χ3n) is 2.28. The van der Waals surface area contributed by atoms with Gasteiger partial charge in [-0.1, -0.05) is 13.8 Å². The molecule has 16 heavy (non-hydrogen) atoms. The molecule has 0 aliphatic rings. The number of rotatable bonds is 6. The summed E-state index contributed by atoms with van der Waals surface area (Å²) in [6, 6.07) is 0. The maximum atomic E-state index is 12.0. The van der Waals surface area contributed by atoms with Crippen molar-refractivity contribution in [3.63, 3.8) is 0 Å². The number of aliphatic hydroxyl groups excluding tert-OH is 1. The Bertz CT molecular complexity index is 423. The first kappa shape index (κ1) is 13.1. The standard InChI is InChI=1S/C9H17N3O3S/c1-3-12(4-2)16(14,15)9-7-10-11(8-9)5-6-13/h7-8,13H,3-6H2,1-2H3. The van der Waals surface area contributed by atoms with Crippen LogP contribution in [0.15, 0.2) is 17.3 Å². The molecule has 0 saturated carbocycles. The third-order valence-corrected chi connectivity index (χ3v) is 4.28. The zero-order valence-corrected chi connectivity index (χ0v) is 10.3. The topological polar surface area (TPSA) is 75.4 Å². The van der Waals surface area contributed by atoms with Gasteiger partial charge in [0.25, 0.3) is 0 Å². The van der Waals surface area contributed by atoms with E-state index in [2.05, 4.69) is 5.10 Å². The first-order valence-corrected chi connectivity index (χ1v) is 6.63. The Balaban J connectivity index is 2.97. The Labute approximate surface area is 95.5 Å². The molecule has 0 bridgehead atoms. The van der Waals surface area contributed by atoms with E-state index in [0.29, 0.717) is 19.6 Å². The highest BCUT2D eigenvalue weighted by atomic mass is 32.2. The molecule has 0 aliphatic heterocycles. The maximum absolute atomic E-state index is 12.0. The molecule has 1 aromatic heterocycles. The van der Waals surface area contributed by atoms with E-state index in [1.54, 1.807) is 13.8 Å². The van der Waals surface area contributed by atoms with E-state index < -0.39 is 10.0 Å². The van der Waals surface area contributed by atoms with Gasteiger partial charge in [-0.05, 0) is 0 Å². The molecular formula is C9H17N3O3S. The zero-order chi connectivity index (χ0) is 12.2. The van der Waals surface area contributed by atoms with Gasteiger partial charge >= 0.3 is 0 Å². The second-order valence-electron chi connectivity index (χ2n) is 3.25. The number of hydrogen-bond donors (Lipinski definition) is 1. The fraction of sp³-hybridized carbons (Fsp3) is 0.667. The second kappa shape index (κ2) is 5.42. The lowest BCUT2D eigenvalue weighted by atomic mass is 10.7. The van der Waals surface area contributed by atoms with Crippen LogP contribution in [0.5, 0.6) is 0 Å². The summed E-state index contributed by atoms with van der Waals surface area (Å²) in [5, 5.41) is 12.6. The Morgan fingerprint density at radius 1 is 1.44 bits per heavy atom. The molecule has 1 N–H and O–H groups in total.